The zero-order chi connectivity index (χ0) is 22.5. The van der Waals surface area contributed by atoms with Crippen molar-refractivity contribution < 1.29 is 23.9 Å². The number of primary amides is 1. The monoisotopic (exact) mass is 430 g/mol. The lowest BCUT2D eigenvalue weighted by molar-refractivity contribution is -0.157. The van der Waals surface area contributed by atoms with Crippen LogP contribution in [0.5, 0.6) is 0 Å². The van der Waals surface area contributed by atoms with Crippen LogP contribution in [0.2, 0.25) is 0 Å². The molecule has 2 saturated heterocycles. The van der Waals surface area contributed by atoms with Crippen LogP contribution in [0.4, 0.5) is 0 Å². The SMILES string of the molecule is CN[C@@H](C)C(=O)N[C@H]1CC[C@H]2C(C(N)=O)C[C@@H](C(=O)OCCc3ccccc3)N2C1=O. The number of nitrogens with two attached hydrogens (primary N) is 1. The molecule has 2 aliphatic rings. The minimum absolute atomic E-state index is 0.142. The Morgan fingerprint density at radius 2 is 1.94 bits per heavy atom. The minimum atomic E-state index is -0.882. The van der Waals surface area contributed by atoms with E-state index in [2.05, 4.69) is 10.6 Å². The van der Waals surface area contributed by atoms with E-state index in [1.807, 2.05) is 30.3 Å². The van der Waals surface area contributed by atoms with Gasteiger partial charge in [-0.25, -0.2) is 4.79 Å². The number of hydrogen-bond acceptors (Lipinski definition) is 6. The zero-order valence-electron chi connectivity index (χ0n) is 17.9. The van der Waals surface area contributed by atoms with E-state index in [1.165, 1.54) is 4.90 Å². The molecule has 2 fully saturated rings. The molecule has 0 bridgehead atoms. The Kier molecular flexibility index (Phi) is 7.27. The first-order chi connectivity index (χ1) is 14.8. The van der Waals surface area contributed by atoms with E-state index in [9.17, 15) is 19.2 Å². The number of nitrogens with zero attached hydrogens (tertiary/aromatic N) is 1. The second-order valence-corrected chi connectivity index (χ2v) is 8.13. The van der Waals surface area contributed by atoms with Crippen molar-refractivity contribution >= 4 is 23.7 Å². The van der Waals surface area contributed by atoms with Gasteiger partial charge in [0.15, 0.2) is 0 Å². The number of likely N-dealkylation sites (N-methyl/N-ethyl adjacent to an activating group) is 1. The molecule has 0 aliphatic carbocycles. The van der Waals surface area contributed by atoms with Gasteiger partial charge >= 0.3 is 5.97 Å². The van der Waals surface area contributed by atoms with Crippen LogP contribution >= 0.6 is 0 Å². The molecular formula is C22H30N4O5. The summed E-state index contributed by atoms with van der Waals surface area (Å²) in [4.78, 5) is 51.6. The second-order valence-electron chi connectivity index (χ2n) is 8.13. The third-order valence-corrected chi connectivity index (χ3v) is 6.20. The molecule has 2 aliphatic heterocycles. The lowest BCUT2D eigenvalue weighted by Crippen LogP contribution is -2.60. The molecule has 168 valence electrons. The molecule has 1 unspecified atom stereocenters. The van der Waals surface area contributed by atoms with Gasteiger partial charge in [0.05, 0.1) is 18.6 Å². The Labute approximate surface area is 181 Å². The molecule has 4 N–H and O–H groups in total. The molecule has 0 spiro atoms. The number of fused-ring (bicyclic) bond motifs is 1. The van der Waals surface area contributed by atoms with Crippen molar-refractivity contribution in [3.05, 3.63) is 35.9 Å². The largest absolute Gasteiger partial charge is 0.464 e. The van der Waals surface area contributed by atoms with Gasteiger partial charge in [-0.2, -0.15) is 0 Å². The lowest BCUT2D eigenvalue weighted by Gasteiger charge is -2.38. The summed E-state index contributed by atoms with van der Waals surface area (Å²) in [5.41, 5.74) is 6.59. The Morgan fingerprint density at radius 1 is 1.23 bits per heavy atom. The van der Waals surface area contributed by atoms with Crippen molar-refractivity contribution in [1.29, 1.82) is 0 Å². The standard InChI is InChI=1S/C22H30N4O5/c1-13(24-2)20(28)25-16-8-9-17-15(19(23)27)12-18(26(17)21(16)29)22(30)31-11-10-14-6-4-3-5-7-14/h3-7,13,15-18,24H,8-12H2,1-2H3,(H2,23,27)(H,25,28)/t13-,15?,16-,17-,18-/m0/s1. The van der Waals surface area contributed by atoms with Gasteiger partial charge in [0, 0.05) is 12.5 Å². The molecule has 9 nitrogen and oxygen atoms in total. The first kappa shape index (κ1) is 22.7. The number of carbonyl (C=O) groups is 4. The number of carbonyl (C=O) groups excluding carboxylic acids is 4. The number of hydrogen-bond donors (Lipinski definition) is 3. The number of amides is 3. The molecule has 3 amide bonds. The highest BCUT2D eigenvalue weighted by molar-refractivity contribution is 5.94. The van der Waals surface area contributed by atoms with Gasteiger partial charge in [-0.3, -0.25) is 14.4 Å². The molecule has 0 saturated carbocycles. The topological polar surface area (TPSA) is 131 Å². The van der Waals surface area contributed by atoms with Gasteiger partial charge in [-0.05, 0) is 38.8 Å². The number of piperidine rings is 1. The maximum atomic E-state index is 13.2. The van der Waals surface area contributed by atoms with E-state index in [4.69, 9.17) is 10.5 Å². The molecule has 9 heteroatoms. The van der Waals surface area contributed by atoms with Crippen LogP contribution in [0.15, 0.2) is 30.3 Å². The summed E-state index contributed by atoms with van der Waals surface area (Å²) in [5, 5.41) is 5.57. The van der Waals surface area contributed by atoms with E-state index >= 15 is 0 Å². The normalized spacial score (nSPS) is 26.1. The zero-order valence-corrected chi connectivity index (χ0v) is 17.9. The Balaban J connectivity index is 1.68. The Bertz CT molecular complexity index is 830. The van der Waals surface area contributed by atoms with E-state index in [-0.39, 0.29) is 24.8 Å². The quantitative estimate of drug-likeness (QED) is 0.487. The van der Waals surface area contributed by atoms with Gasteiger partial charge in [0.2, 0.25) is 17.7 Å². The lowest BCUT2D eigenvalue weighted by atomic mass is 9.90. The smallest absolute Gasteiger partial charge is 0.328 e. The highest BCUT2D eigenvalue weighted by Crippen LogP contribution is 2.37. The predicted molar refractivity (Wildman–Crippen MR) is 113 cm³/mol. The highest BCUT2D eigenvalue weighted by Gasteiger charge is 2.53. The summed E-state index contributed by atoms with van der Waals surface area (Å²) in [6.45, 7) is 1.87. The fraction of sp³-hybridized carbons (Fsp3) is 0.545. The van der Waals surface area contributed by atoms with Crippen molar-refractivity contribution in [2.45, 2.75) is 56.8 Å². The van der Waals surface area contributed by atoms with Crippen molar-refractivity contribution in [3.8, 4) is 0 Å². The van der Waals surface area contributed by atoms with E-state index in [1.54, 1.807) is 14.0 Å². The number of benzene rings is 1. The third kappa shape index (κ3) is 5.04. The van der Waals surface area contributed by atoms with E-state index in [0.29, 0.717) is 19.3 Å². The van der Waals surface area contributed by atoms with Crippen LogP contribution in [0.25, 0.3) is 0 Å². The van der Waals surface area contributed by atoms with Crippen LogP contribution in [0, 0.1) is 5.92 Å². The summed E-state index contributed by atoms with van der Waals surface area (Å²) in [7, 11) is 1.66. The van der Waals surface area contributed by atoms with Crippen LogP contribution in [-0.4, -0.2) is 66.4 Å². The third-order valence-electron chi connectivity index (χ3n) is 6.20. The fourth-order valence-corrected chi connectivity index (χ4v) is 4.32. The van der Waals surface area contributed by atoms with Crippen molar-refractivity contribution in [3.63, 3.8) is 0 Å². The van der Waals surface area contributed by atoms with Crippen molar-refractivity contribution in [2.24, 2.45) is 11.7 Å². The van der Waals surface area contributed by atoms with E-state index < -0.39 is 42.0 Å². The Hall–Kier alpha value is -2.94. The summed E-state index contributed by atoms with van der Waals surface area (Å²) < 4.78 is 5.44. The molecule has 2 heterocycles. The average molecular weight is 431 g/mol. The molecule has 1 aromatic carbocycles. The molecule has 1 aromatic rings. The molecular weight excluding hydrogens is 400 g/mol. The number of ether oxygens (including phenoxy) is 1. The van der Waals surface area contributed by atoms with Gasteiger partial charge in [-0.1, -0.05) is 30.3 Å². The average Bonchev–Trinajstić information content (AvgIpc) is 3.16. The van der Waals surface area contributed by atoms with Gasteiger partial charge < -0.3 is 26.0 Å². The van der Waals surface area contributed by atoms with Crippen LogP contribution < -0.4 is 16.4 Å². The van der Waals surface area contributed by atoms with Gasteiger partial charge in [0.1, 0.15) is 12.1 Å². The molecule has 0 aromatic heterocycles. The maximum Gasteiger partial charge on any atom is 0.328 e. The number of rotatable bonds is 8. The predicted octanol–water partition coefficient (Wildman–Crippen LogP) is -0.270. The van der Waals surface area contributed by atoms with Crippen LogP contribution in [0.3, 0.4) is 0 Å². The summed E-state index contributed by atoms with van der Waals surface area (Å²) in [5.74, 6) is -2.36. The first-order valence-electron chi connectivity index (χ1n) is 10.6. The molecule has 3 rings (SSSR count). The van der Waals surface area contributed by atoms with Crippen molar-refractivity contribution in [2.75, 3.05) is 13.7 Å². The number of esters is 1. The molecule has 31 heavy (non-hydrogen) atoms. The summed E-state index contributed by atoms with van der Waals surface area (Å²) in [6, 6.07) is 7.07. The summed E-state index contributed by atoms with van der Waals surface area (Å²) in [6.07, 6.45) is 1.56. The fourth-order valence-electron chi connectivity index (χ4n) is 4.32. The highest BCUT2D eigenvalue weighted by atomic mass is 16.5. The molecule has 5 atom stereocenters. The maximum absolute atomic E-state index is 13.2. The Morgan fingerprint density at radius 3 is 2.58 bits per heavy atom. The van der Waals surface area contributed by atoms with Gasteiger partial charge in [0.25, 0.3) is 0 Å². The first-order valence-corrected chi connectivity index (χ1v) is 10.6. The van der Waals surface area contributed by atoms with Gasteiger partial charge in [-0.15, -0.1) is 0 Å². The summed E-state index contributed by atoms with van der Waals surface area (Å²) >= 11 is 0. The number of nitrogens with one attached hydrogen (secondary N) is 2. The minimum Gasteiger partial charge on any atom is -0.464 e. The van der Waals surface area contributed by atoms with Crippen LogP contribution in [-0.2, 0) is 30.3 Å². The van der Waals surface area contributed by atoms with E-state index in [0.717, 1.165) is 5.56 Å². The second kappa shape index (κ2) is 9.91. The van der Waals surface area contributed by atoms with Crippen LogP contribution in [0.1, 0.15) is 31.7 Å². The van der Waals surface area contributed by atoms with Crippen molar-refractivity contribution in [1.82, 2.24) is 15.5 Å². The molecule has 0 radical (unpaired) electrons.